The summed E-state index contributed by atoms with van der Waals surface area (Å²) in [5.41, 5.74) is 7.10. The minimum Gasteiger partial charge on any atom is -0.493 e. The molecule has 3 rings (SSSR count). The highest BCUT2D eigenvalue weighted by atomic mass is 32.2. The van der Waals surface area contributed by atoms with Gasteiger partial charge in [0.2, 0.25) is 0 Å². The first-order valence-electron chi connectivity index (χ1n) is 5.41. The summed E-state index contributed by atoms with van der Waals surface area (Å²) < 4.78 is 5.78. The summed E-state index contributed by atoms with van der Waals surface area (Å²) in [6, 6.07) is 8.22. The minimum atomic E-state index is 0.0146. The summed E-state index contributed by atoms with van der Waals surface area (Å²) >= 11 is 1.66. The Morgan fingerprint density at radius 1 is 1.50 bits per heavy atom. The van der Waals surface area contributed by atoms with Gasteiger partial charge in [-0.25, -0.2) is 0 Å². The largest absolute Gasteiger partial charge is 0.493 e. The second-order valence-electron chi connectivity index (χ2n) is 4.39. The molecule has 2 aliphatic rings. The molecular weight excluding hydrogens is 220 g/mol. The smallest absolute Gasteiger partial charge is 0.154 e. The lowest BCUT2D eigenvalue weighted by atomic mass is 9.84. The van der Waals surface area contributed by atoms with E-state index in [2.05, 4.69) is 24.0 Å². The standard InChI is InChI=1S/C12H14N2OS/c1-12-8(6-14-11(13)16-12)7-15-10-5-3-2-4-9(10)12/h2-5,8H,6-7H2,1H3,(H2,13,14). The van der Waals surface area contributed by atoms with Crippen LogP contribution in [0.1, 0.15) is 12.5 Å². The number of fused-ring (bicyclic) bond motifs is 3. The Labute approximate surface area is 99.1 Å². The number of aliphatic imine (C=N–C) groups is 1. The topological polar surface area (TPSA) is 47.6 Å². The van der Waals surface area contributed by atoms with Crippen LogP contribution in [0.2, 0.25) is 0 Å². The van der Waals surface area contributed by atoms with Crippen LogP contribution in [0.15, 0.2) is 29.3 Å². The molecule has 0 amide bonds. The predicted octanol–water partition coefficient (Wildman–Crippen LogP) is 1.97. The maximum atomic E-state index is 5.86. The molecule has 0 aliphatic carbocycles. The Morgan fingerprint density at radius 3 is 3.19 bits per heavy atom. The van der Waals surface area contributed by atoms with Crippen molar-refractivity contribution >= 4 is 16.9 Å². The predicted molar refractivity (Wildman–Crippen MR) is 66.9 cm³/mol. The van der Waals surface area contributed by atoms with E-state index < -0.39 is 0 Å². The van der Waals surface area contributed by atoms with Crippen molar-refractivity contribution in [3.63, 3.8) is 0 Å². The number of hydrogen-bond donors (Lipinski definition) is 1. The van der Waals surface area contributed by atoms with E-state index in [0.717, 1.165) is 18.9 Å². The van der Waals surface area contributed by atoms with Gasteiger partial charge in [0.05, 0.1) is 11.4 Å². The summed E-state index contributed by atoms with van der Waals surface area (Å²) in [4.78, 5) is 4.31. The molecule has 0 radical (unpaired) electrons. The van der Waals surface area contributed by atoms with Crippen molar-refractivity contribution in [3.05, 3.63) is 29.8 Å². The molecule has 2 N–H and O–H groups in total. The van der Waals surface area contributed by atoms with E-state index in [1.165, 1.54) is 5.56 Å². The third-order valence-corrected chi connectivity index (χ3v) is 4.74. The van der Waals surface area contributed by atoms with Crippen LogP contribution >= 0.6 is 11.8 Å². The van der Waals surface area contributed by atoms with Gasteiger partial charge in [0.25, 0.3) is 0 Å². The molecule has 2 aliphatic heterocycles. The Bertz CT molecular complexity index is 460. The van der Waals surface area contributed by atoms with Crippen LogP contribution in [-0.2, 0) is 4.75 Å². The SMILES string of the molecule is CC12SC(N)=NCC1COc1ccccc12. The highest BCUT2D eigenvalue weighted by Gasteiger charge is 2.45. The van der Waals surface area contributed by atoms with E-state index in [-0.39, 0.29) is 4.75 Å². The normalized spacial score (nSPS) is 32.1. The van der Waals surface area contributed by atoms with Gasteiger partial charge >= 0.3 is 0 Å². The van der Waals surface area contributed by atoms with Crippen LogP contribution in [0.4, 0.5) is 0 Å². The molecule has 0 aromatic heterocycles. The molecule has 16 heavy (non-hydrogen) atoms. The number of nitrogens with zero attached hydrogens (tertiary/aromatic N) is 1. The lowest BCUT2D eigenvalue weighted by Crippen LogP contribution is -2.43. The van der Waals surface area contributed by atoms with Gasteiger partial charge in [-0.1, -0.05) is 30.0 Å². The Hall–Kier alpha value is -1.16. The average molecular weight is 234 g/mol. The van der Waals surface area contributed by atoms with Gasteiger partial charge in [0.1, 0.15) is 5.75 Å². The van der Waals surface area contributed by atoms with Gasteiger partial charge in [0, 0.05) is 18.0 Å². The summed E-state index contributed by atoms with van der Waals surface area (Å²) in [5.74, 6) is 1.41. The van der Waals surface area contributed by atoms with Gasteiger partial charge in [-0.2, -0.15) is 0 Å². The van der Waals surface area contributed by atoms with E-state index >= 15 is 0 Å². The minimum absolute atomic E-state index is 0.0146. The van der Waals surface area contributed by atoms with Crippen LogP contribution in [0.3, 0.4) is 0 Å². The second-order valence-corrected chi connectivity index (χ2v) is 5.86. The third kappa shape index (κ3) is 1.33. The molecule has 4 heteroatoms. The average Bonchev–Trinajstić information content (AvgIpc) is 2.28. The Kier molecular flexibility index (Phi) is 2.14. The molecule has 2 heterocycles. The van der Waals surface area contributed by atoms with Gasteiger partial charge in [-0.15, -0.1) is 0 Å². The van der Waals surface area contributed by atoms with Crippen molar-refractivity contribution in [2.45, 2.75) is 11.7 Å². The summed E-state index contributed by atoms with van der Waals surface area (Å²) in [6.07, 6.45) is 0. The molecule has 0 bridgehead atoms. The molecule has 1 aromatic carbocycles. The highest BCUT2D eigenvalue weighted by Crippen LogP contribution is 2.51. The quantitative estimate of drug-likeness (QED) is 0.746. The Balaban J connectivity index is 2.12. The number of benzene rings is 1. The molecule has 0 spiro atoms. The fourth-order valence-corrected chi connectivity index (χ4v) is 3.55. The van der Waals surface area contributed by atoms with Gasteiger partial charge in [-0.05, 0) is 13.0 Å². The van der Waals surface area contributed by atoms with Crippen LogP contribution < -0.4 is 10.5 Å². The van der Waals surface area contributed by atoms with E-state index in [9.17, 15) is 0 Å². The van der Waals surface area contributed by atoms with E-state index in [0.29, 0.717) is 11.1 Å². The molecule has 0 saturated carbocycles. The van der Waals surface area contributed by atoms with Crippen molar-refractivity contribution in [2.75, 3.05) is 13.2 Å². The molecular formula is C12H14N2OS. The molecule has 2 unspecified atom stereocenters. The lowest BCUT2D eigenvalue weighted by molar-refractivity contribution is 0.189. The monoisotopic (exact) mass is 234 g/mol. The summed E-state index contributed by atoms with van der Waals surface area (Å²) in [7, 11) is 0. The van der Waals surface area contributed by atoms with Crippen LogP contribution in [0, 0.1) is 5.92 Å². The fourth-order valence-electron chi connectivity index (χ4n) is 2.39. The maximum Gasteiger partial charge on any atom is 0.154 e. The third-order valence-electron chi connectivity index (χ3n) is 3.43. The van der Waals surface area contributed by atoms with E-state index in [4.69, 9.17) is 10.5 Å². The first-order chi connectivity index (χ1) is 7.70. The lowest BCUT2D eigenvalue weighted by Gasteiger charge is -2.43. The summed E-state index contributed by atoms with van der Waals surface area (Å²) in [5, 5.41) is 0.690. The zero-order valence-corrected chi connectivity index (χ0v) is 9.96. The fraction of sp³-hybridized carbons (Fsp3) is 0.417. The van der Waals surface area contributed by atoms with E-state index in [1.54, 1.807) is 11.8 Å². The molecule has 0 saturated heterocycles. The van der Waals surface area contributed by atoms with Crippen molar-refractivity contribution in [3.8, 4) is 5.75 Å². The number of nitrogens with two attached hydrogens (primary N) is 1. The number of para-hydroxylation sites is 1. The van der Waals surface area contributed by atoms with Crippen LogP contribution in [0.5, 0.6) is 5.75 Å². The number of hydrogen-bond acceptors (Lipinski definition) is 4. The first-order valence-corrected chi connectivity index (χ1v) is 6.23. The number of thioether (sulfide) groups is 1. The highest BCUT2D eigenvalue weighted by molar-refractivity contribution is 8.14. The first kappa shape index (κ1) is 10.0. The number of amidine groups is 1. The molecule has 84 valence electrons. The maximum absolute atomic E-state index is 5.86. The molecule has 0 fully saturated rings. The van der Waals surface area contributed by atoms with Crippen molar-refractivity contribution in [2.24, 2.45) is 16.6 Å². The Morgan fingerprint density at radius 2 is 2.31 bits per heavy atom. The number of ether oxygens (including phenoxy) is 1. The zero-order valence-electron chi connectivity index (χ0n) is 9.14. The van der Waals surface area contributed by atoms with Crippen molar-refractivity contribution in [1.82, 2.24) is 0 Å². The van der Waals surface area contributed by atoms with Crippen molar-refractivity contribution in [1.29, 1.82) is 0 Å². The van der Waals surface area contributed by atoms with E-state index in [1.807, 2.05) is 12.1 Å². The zero-order chi connectivity index (χ0) is 11.2. The van der Waals surface area contributed by atoms with Gasteiger partial charge in [0.15, 0.2) is 5.17 Å². The number of rotatable bonds is 0. The van der Waals surface area contributed by atoms with Gasteiger partial charge < -0.3 is 10.5 Å². The van der Waals surface area contributed by atoms with Crippen LogP contribution in [0.25, 0.3) is 0 Å². The summed E-state index contributed by atoms with van der Waals surface area (Å²) in [6.45, 7) is 3.74. The second kappa shape index (κ2) is 3.42. The van der Waals surface area contributed by atoms with Gasteiger partial charge in [-0.3, -0.25) is 4.99 Å². The molecule has 1 aromatic rings. The van der Waals surface area contributed by atoms with Crippen molar-refractivity contribution < 1.29 is 4.74 Å². The van der Waals surface area contributed by atoms with Crippen LogP contribution in [-0.4, -0.2) is 18.3 Å². The molecule has 2 atom stereocenters. The molecule has 3 nitrogen and oxygen atoms in total.